The Balaban J connectivity index is 1.96. The van der Waals surface area contributed by atoms with Crippen molar-refractivity contribution in [2.45, 2.75) is 71.1 Å². The SMILES string of the molecule is CCCNC(C(CC)CC)C1CN2CCCC2CO1. The van der Waals surface area contributed by atoms with Crippen LogP contribution in [0.3, 0.4) is 0 Å². The van der Waals surface area contributed by atoms with Crippen LogP contribution in [0.1, 0.15) is 52.9 Å². The lowest BCUT2D eigenvalue weighted by molar-refractivity contribution is -0.0739. The predicted molar refractivity (Wildman–Crippen MR) is 80.5 cm³/mol. The maximum atomic E-state index is 6.23. The largest absolute Gasteiger partial charge is 0.374 e. The lowest BCUT2D eigenvalue weighted by atomic mass is 9.89. The molecule has 0 saturated carbocycles. The summed E-state index contributed by atoms with van der Waals surface area (Å²) in [6.07, 6.45) is 6.80. The minimum Gasteiger partial charge on any atom is -0.374 e. The quantitative estimate of drug-likeness (QED) is 0.768. The van der Waals surface area contributed by atoms with E-state index in [9.17, 15) is 0 Å². The smallest absolute Gasteiger partial charge is 0.0858 e. The highest BCUT2D eigenvalue weighted by Crippen LogP contribution is 2.27. The molecule has 112 valence electrons. The summed E-state index contributed by atoms with van der Waals surface area (Å²) in [4.78, 5) is 2.66. The first-order valence-corrected chi connectivity index (χ1v) is 8.39. The van der Waals surface area contributed by atoms with Gasteiger partial charge in [-0.15, -0.1) is 0 Å². The Morgan fingerprint density at radius 2 is 2.05 bits per heavy atom. The molecule has 0 bridgehead atoms. The molecule has 2 aliphatic heterocycles. The fourth-order valence-electron chi connectivity index (χ4n) is 3.77. The minimum atomic E-state index is 0.394. The second-order valence-corrected chi connectivity index (χ2v) is 6.22. The van der Waals surface area contributed by atoms with Crippen molar-refractivity contribution in [2.24, 2.45) is 5.92 Å². The predicted octanol–water partition coefficient (Wildman–Crippen LogP) is 2.65. The number of fused-ring (bicyclic) bond motifs is 1. The fraction of sp³-hybridized carbons (Fsp3) is 1.00. The van der Waals surface area contributed by atoms with Gasteiger partial charge in [-0.25, -0.2) is 0 Å². The van der Waals surface area contributed by atoms with E-state index >= 15 is 0 Å². The van der Waals surface area contributed by atoms with Gasteiger partial charge in [0.2, 0.25) is 0 Å². The molecule has 2 heterocycles. The molecule has 0 aromatic carbocycles. The zero-order valence-corrected chi connectivity index (χ0v) is 13.0. The first-order chi connectivity index (χ1) is 9.30. The number of hydrogen-bond acceptors (Lipinski definition) is 3. The van der Waals surface area contributed by atoms with Crippen LogP contribution < -0.4 is 5.32 Å². The summed E-state index contributed by atoms with van der Waals surface area (Å²) in [5.74, 6) is 0.746. The van der Waals surface area contributed by atoms with Crippen LogP contribution in [-0.2, 0) is 4.74 Å². The van der Waals surface area contributed by atoms with E-state index in [1.807, 2.05) is 0 Å². The van der Waals surface area contributed by atoms with Gasteiger partial charge in [0, 0.05) is 18.6 Å². The van der Waals surface area contributed by atoms with Gasteiger partial charge in [-0.05, 0) is 38.3 Å². The van der Waals surface area contributed by atoms with Crippen molar-refractivity contribution >= 4 is 0 Å². The summed E-state index contributed by atoms with van der Waals surface area (Å²) in [7, 11) is 0. The van der Waals surface area contributed by atoms with Crippen LogP contribution in [0.4, 0.5) is 0 Å². The maximum absolute atomic E-state index is 6.23. The molecule has 19 heavy (non-hydrogen) atoms. The first-order valence-electron chi connectivity index (χ1n) is 8.39. The van der Waals surface area contributed by atoms with Crippen LogP contribution in [0.2, 0.25) is 0 Å². The van der Waals surface area contributed by atoms with Crippen LogP contribution >= 0.6 is 0 Å². The van der Waals surface area contributed by atoms with Gasteiger partial charge in [-0.1, -0.05) is 33.6 Å². The van der Waals surface area contributed by atoms with Crippen LogP contribution in [-0.4, -0.2) is 49.3 Å². The standard InChI is InChI=1S/C16H32N2O/c1-4-9-17-16(13(5-2)6-3)15-11-18-10-7-8-14(18)12-19-15/h13-17H,4-12H2,1-3H3. The van der Waals surface area contributed by atoms with Gasteiger partial charge in [-0.2, -0.15) is 0 Å². The monoisotopic (exact) mass is 268 g/mol. The molecule has 2 rings (SSSR count). The van der Waals surface area contributed by atoms with Crippen molar-refractivity contribution in [1.29, 1.82) is 0 Å². The zero-order chi connectivity index (χ0) is 13.7. The van der Waals surface area contributed by atoms with E-state index in [4.69, 9.17) is 4.74 Å². The molecule has 2 aliphatic rings. The summed E-state index contributed by atoms with van der Waals surface area (Å²) >= 11 is 0. The molecule has 0 radical (unpaired) electrons. The molecule has 0 aromatic heterocycles. The zero-order valence-electron chi connectivity index (χ0n) is 13.0. The number of morpholine rings is 1. The first kappa shape index (κ1) is 15.3. The second-order valence-electron chi connectivity index (χ2n) is 6.22. The molecule has 3 atom stereocenters. The van der Waals surface area contributed by atoms with Gasteiger partial charge >= 0.3 is 0 Å². The number of ether oxygens (including phenoxy) is 1. The summed E-state index contributed by atoms with van der Waals surface area (Å²) in [5, 5.41) is 3.77. The Morgan fingerprint density at radius 1 is 1.26 bits per heavy atom. The highest BCUT2D eigenvalue weighted by Gasteiger charge is 2.37. The highest BCUT2D eigenvalue weighted by atomic mass is 16.5. The van der Waals surface area contributed by atoms with Crippen LogP contribution in [0, 0.1) is 5.92 Å². The van der Waals surface area contributed by atoms with Gasteiger partial charge in [0.15, 0.2) is 0 Å². The molecule has 1 N–H and O–H groups in total. The Bertz CT molecular complexity index is 255. The Morgan fingerprint density at radius 3 is 2.74 bits per heavy atom. The summed E-state index contributed by atoms with van der Waals surface area (Å²) < 4.78 is 6.23. The van der Waals surface area contributed by atoms with Gasteiger partial charge < -0.3 is 10.1 Å². The minimum absolute atomic E-state index is 0.394. The van der Waals surface area contributed by atoms with Crippen LogP contribution in [0.25, 0.3) is 0 Å². The van der Waals surface area contributed by atoms with Crippen molar-refractivity contribution in [1.82, 2.24) is 10.2 Å². The van der Waals surface area contributed by atoms with E-state index in [-0.39, 0.29) is 0 Å². The summed E-state index contributed by atoms with van der Waals surface area (Å²) in [5.41, 5.74) is 0. The van der Waals surface area contributed by atoms with Crippen molar-refractivity contribution in [2.75, 3.05) is 26.2 Å². The van der Waals surface area contributed by atoms with Gasteiger partial charge in [0.25, 0.3) is 0 Å². The van der Waals surface area contributed by atoms with Gasteiger partial charge in [0.1, 0.15) is 0 Å². The average Bonchev–Trinajstić information content (AvgIpc) is 2.90. The van der Waals surface area contributed by atoms with Gasteiger partial charge in [-0.3, -0.25) is 4.90 Å². The lowest BCUT2D eigenvalue weighted by Crippen LogP contribution is -2.56. The topological polar surface area (TPSA) is 24.5 Å². The molecule has 0 aromatic rings. The molecular weight excluding hydrogens is 236 g/mol. The normalized spacial score (nSPS) is 29.7. The third-order valence-corrected chi connectivity index (χ3v) is 5.00. The lowest BCUT2D eigenvalue weighted by Gasteiger charge is -2.41. The Kier molecular flexibility index (Phi) is 6.11. The van der Waals surface area contributed by atoms with Crippen LogP contribution in [0.5, 0.6) is 0 Å². The van der Waals surface area contributed by atoms with E-state index < -0.39 is 0 Å². The van der Waals surface area contributed by atoms with E-state index in [1.54, 1.807) is 0 Å². The molecule has 3 nitrogen and oxygen atoms in total. The van der Waals surface area contributed by atoms with E-state index in [0.29, 0.717) is 18.2 Å². The third kappa shape index (κ3) is 3.71. The highest BCUT2D eigenvalue weighted by molar-refractivity contribution is 4.92. The summed E-state index contributed by atoms with van der Waals surface area (Å²) in [6.45, 7) is 11.4. The number of nitrogens with zero attached hydrogens (tertiary/aromatic N) is 1. The maximum Gasteiger partial charge on any atom is 0.0858 e. The van der Waals surface area contributed by atoms with Crippen molar-refractivity contribution in [3.63, 3.8) is 0 Å². The van der Waals surface area contributed by atoms with Crippen molar-refractivity contribution in [3.05, 3.63) is 0 Å². The molecule has 2 saturated heterocycles. The molecule has 0 aliphatic carbocycles. The van der Waals surface area contributed by atoms with E-state index in [0.717, 1.165) is 25.6 Å². The molecule has 2 fully saturated rings. The molecule has 0 spiro atoms. The number of rotatable bonds is 7. The molecule has 3 unspecified atom stereocenters. The van der Waals surface area contributed by atoms with Crippen LogP contribution in [0.15, 0.2) is 0 Å². The van der Waals surface area contributed by atoms with E-state index in [2.05, 4.69) is 31.0 Å². The van der Waals surface area contributed by atoms with Crippen molar-refractivity contribution in [3.8, 4) is 0 Å². The number of hydrogen-bond donors (Lipinski definition) is 1. The van der Waals surface area contributed by atoms with Crippen molar-refractivity contribution < 1.29 is 4.74 Å². The second kappa shape index (κ2) is 7.61. The average molecular weight is 268 g/mol. The fourth-order valence-corrected chi connectivity index (χ4v) is 3.77. The van der Waals surface area contributed by atoms with E-state index in [1.165, 1.54) is 38.6 Å². The summed E-state index contributed by atoms with van der Waals surface area (Å²) in [6, 6.07) is 1.25. The number of nitrogens with one attached hydrogen (secondary N) is 1. The molecule has 3 heteroatoms. The Labute approximate surface area is 119 Å². The van der Waals surface area contributed by atoms with Gasteiger partial charge in [0.05, 0.1) is 12.7 Å². The molecule has 0 amide bonds. The molecular formula is C16H32N2O. The Hall–Kier alpha value is -0.120. The third-order valence-electron chi connectivity index (χ3n) is 5.00.